The van der Waals surface area contributed by atoms with Crippen molar-refractivity contribution in [1.29, 1.82) is 0 Å². The van der Waals surface area contributed by atoms with E-state index < -0.39 is 0 Å². The fraction of sp³-hybridized carbons (Fsp3) is 0.500. The molecule has 1 aromatic heterocycles. The Morgan fingerprint density at radius 1 is 1.37 bits per heavy atom. The maximum absolute atomic E-state index is 12.0. The van der Waals surface area contributed by atoms with Gasteiger partial charge in [-0.05, 0) is 18.6 Å². The van der Waals surface area contributed by atoms with Crippen molar-refractivity contribution in [3.63, 3.8) is 0 Å². The van der Waals surface area contributed by atoms with Gasteiger partial charge in [0.05, 0.1) is 18.7 Å². The highest BCUT2D eigenvalue weighted by atomic mass is 16.5. The van der Waals surface area contributed by atoms with E-state index in [0.29, 0.717) is 12.5 Å². The second-order valence-corrected chi connectivity index (χ2v) is 5.07. The Morgan fingerprint density at radius 3 is 2.95 bits per heavy atom. The highest BCUT2D eigenvalue weighted by molar-refractivity contribution is 5.82. The smallest absolute Gasteiger partial charge is 0.328 e. The average Bonchev–Trinajstić information content (AvgIpc) is 3.01. The van der Waals surface area contributed by atoms with Crippen molar-refractivity contribution < 1.29 is 9.47 Å². The molecule has 2 aromatic rings. The monoisotopic (exact) mass is 262 g/mol. The third-order valence-electron chi connectivity index (χ3n) is 3.75. The van der Waals surface area contributed by atoms with Crippen molar-refractivity contribution in [2.45, 2.75) is 6.42 Å². The molecule has 0 amide bonds. The standard InChI is InChI=1S/C14H18N2O3/c1-15-11-4-3-5-12(13(11)16(2)14(15)17)19-9-10-6-7-18-8-10/h3-5,10H,6-9H2,1-2H3. The van der Waals surface area contributed by atoms with Gasteiger partial charge in [0.1, 0.15) is 11.3 Å². The molecule has 0 aliphatic carbocycles. The molecule has 3 rings (SSSR count). The van der Waals surface area contributed by atoms with Crippen molar-refractivity contribution in [2.75, 3.05) is 19.8 Å². The van der Waals surface area contributed by atoms with E-state index in [4.69, 9.17) is 9.47 Å². The molecule has 1 aliphatic rings. The third-order valence-corrected chi connectivity index (χ3v) is 3.75. The minimum Gasteiger partial charge on any atom is -0.491 e. The summed E-state index contributed by atoms with van der Waals surface area (Å²) >= 11 is 0. The van der Waals surface area contributed by atoms with Gasteiger partial charge >= 0.3 is 5.69 Å². The maximum atomic E-state index is 12.0. The van der Waals surface area contributed by atoms with Crippen LogP contribution in [0.25, 0.3) is 11.0 Å². The number of fused-ring (bicyclic) bond motifs is 1. The maximum Gasteiger partial charge on any atom is 0.328 e. The molecule has 0 radical (unpaired) electrons. The summed E-state index contributed by atoms with van der Waals surface area (Å²) < 4.78 is 14.5. The Kier molecular flexibility index (Phi) is 3.06. The lowest BCUT2D eigenvalue weighted by Crippen LogP contribution is -2.19. The van der Waals surface area contributed by atoms with E-state index in [2.05, 4.69) is 0 Å². The van der Waals surface area contributed by atoms with Crippen molar-refractivity contribution in [3.8, 4) is 5.75 Å². The predicted molar refractivity (Wildman–Crippen MR) is 72.6 cm³/mol. The number of benzene rings is 1. The molecular formula is C14H18N2O3. The molecular weight excluding hydrogens is 244 g/mol. The van der Waals surface area contributed by atoms with Crippen LogP contribution in [0.4, 0.5) is 0 Å². The molecule has 1 saturated heterocycles. The highest BCUT2D eigenvalue weighted by Crippen LogP contribution is 2.25. The van der Waals surface area contributed by atoms with Gasteiger partial charge < -0.3 is 9.47 Å². The summed E-state index contributed by atoms with van der Waals surface area (Å²) in [5, 5.41) is 0. The third kappa shape index (κ3) is 2.04. The van der Waals surface area contributed by atoms with Crippen molar-refractivity contribution >= 4 is 11.0 Å². The lowest BCUT2D eigenvalue weighted by molar-refractivity contribution is 0.167. The normalized spacial score (nSPS) is 19.2. The Hall–Kier alpha value is -1.75. The summed E-state index contributed by atoms with van der Waals surface area (Å²) in [5.74, 6) is 1.22. The van der Waals surface area contributed by atoms with Crippen LogP contribution in [0.1, 0.15) is 6.42 Å². The Bertz CT molecular complexity index is 650. The quantitative estimate of drug-likeness (QED) is 0.837. The molecule has 0 N–H and O–H groups in total. The SMILES string of the molecule is Cn1c(=O)n(C)c2c(OCC3CCOC3)cccc21. The molecule has 102 valence electrons. The van der Waals surface area contributed by atoms with Gasteiger partial charge in [0, 0.05) is 26.6 Å². The van der Waals surface area contributed by atoms with Crippen molar-refractivity contribution in [2.24, 2.45) is 20.0 Å². The summed E-state index contributed by atoms with van der Waals surface area (Å²) in [6, 6.07) is 5.77. The topological polar surface area (TPSA) is 45.4 Å². The molecule has 1 aliphatic heterocycles. The van der Waals surface area contributed by atoms with E-state index in [-0.39, 0.29) is 5.69 Å². The van der Waals surface area contributed by atoms with Crippen LogP contribution in [0.2, 0.25) is 0 Å². The number of aryl methyl sites for hydroxylation is 2. The highest BCUT2D eigenvalue weighted by Gasteiger charge is 2.18. The second kappa shape index (κ2) is 4.74. The zero-order valence-electron chi connectivity index (χ0n) is 11.3. The predicted octanol–water partition coefficient (Wildman–Crippen LogP) is 1.29. The molecule has 5 nitrogen and oxygen atoms in total. The first-order valence-corrected chi connectivity index (χ1v) is 6.53. The Morgan fingerprint density at radius 2 is 2.21 bits per heavy atom. The Labute approximate surface area is 111 Å². The van der Waals surface area contributed by atoms with Crippen molar-refractivity contribution in [3.05, 3.63) is 28.7 Å². The number of hydrogen-bond donors (Lipinski definition) is 0. The van der Waals surface area contributed by atoms with Gasteiger partial charge in [0.25, 0.3) is 0 Å². The first-order valence-electron chi connectivity index (χ1n) is 6.53. The van der Waals surface area contributed by atoms with Crippen LogP contribution in [-0.4, -0.2) is 29.0 Å². The zero-order valence-corrected chi connectivity index (χ0v) is 11.3. The Balaban J connectivity index is 1.94. The fourth-order valence-corrected chi connectivity index (χ4v) is 2.58. The number of aromatic nitrogens is 2. The average molecular weight is 262 g/mol. The number of para-hydroxylation sites is 1. The molecule has 0 spiro atoms. The van der Waals surface area contributed by atoms with Gasteiger partial charge in [-0.1, -0.05) is 6.07 Å². The summed E-state index contributed by atoms with van der Waals surface area (Å²) in [5.41, 5.74) is 1.72. The van der Waals surface area contributed by atoms with Crippen LogP contribution in [0.3, 0.4) is 0 Å². The molecule has 1 aromatic carbocycles. The van der Waals surface area contributed by atoms with Crippen LogP contribution in [0.5, 0.6) is 5.75 Å². The van der Waals surface area contributed by atoms with E-state index in [9.17, 15) is 4.79 Å². The fourth-order valence-electron chi connectivity index (χ4n) is 2.58. The van der Waals surface area contributed by atoms with Gasteiger partial charge in [-0.15, -0.1) is 0 Å². The lowest BCUT2D eigenvalue weighted by atomic mass is 10.1. The molecule has 0 saturated carbocycles. The van der Waals surface area contributed by atoms with E-state index in [1.807, 2.05) is 18.2 Å². The number of nitrogens with zero attached hydrogens (tertiary/aromatic N) is 2. The van der Waals surface area contributed by atoms with Gasteiger partial charge in [0.2, 0.25) is 0 Å². The number of hydrogen-bond acceptors (Lipinski definition) is 3. The van der Waals surface area contributed by atoms with E-state index in [1.165, 1.54) is 0 Å². The molecule has 1 fully saturated rings. The summed E-state index contributed by atoms with van der Waals surface area (Å²) in [7, 11) is 3.55. The largest absolute Gasteiger partial charge is 0.491 e. The van der Waals surface area contributed by atoms with Gasteiger partial charge in [0.15, 0.2) is 0 Å². The van der Waals surface area contributed by atoms with E-state index in [1.54, 1.807) is 23.2 Å². The minimum atomic E-state index is -0.0322. The van der Waals surface area contributed by atoms with Crippen LogP contribution in [-0.2, 0) is 18.8 Å². The lowest BCUT2D eigenvalue weighted by Gasteiger charge is -2.11. The number of ether oxygens (including phenoxy) is 2. The van der Waals surface area contributed by atoms with Crippen LogP contribution in [0, 0.1) is 5.92 Å². The molecule has 1 unspecified atom stereocenters. The van der Waals surface area contributed by atoms with Crippen LogP contribution < -0.4 is 10.4 Å². The van der Waals surface area contributed by atoms with Crippen LogP contribution >= 0.6 is 0 Å². The first kappa shape index (κ1) is 12.3. The molecule has 2 heterocycles. The zero-order chi connectivity index (χ0) is 13.4. The van der Waals surface area contributed by atoms with Crippen molar-refractivity contribution in [1.82, 2.24) is 9.13 Å². The van der Waals surface area contributed by atoms with Gasteiger partial charge in [-0.25, -0.2) is 4.79 Å². The van der Waals surface area contributed by atoms with Gasteiger partial charge in [-0.2, -0.15) is 0 Å². The minimum absolute atomic E-state index is 0.0322. The summed E-state index contributed by atoms with van der Waals surface area (Å²) in [6.45, 7) is 2.23. The van der Waals surface area contributed by atoms with E-state index >= 15 is 0 Å². The molecule has 0 bridgehead atoms. The summed E-state index contributed by atoms with van der Waals surface area (Å²) in [4.78, 5) is 12.0. The van der Waals surface area contributed by atoms with Gasteiger partial charge in [-0.3, -0.25) is 9.13 Å². The first-order chi connectivity index (χ1) is 9.18. The molecule has 5 heteroatoms. The molecule has 19 heavy (non-hydrogen) atoms. The summed E-state index contributed by atoms with van der Waals surface area (Å²) in [6.07, 6.45) is 1.05. The van der Waals surface area contributed by atoms with Crippen LogP contribution in [0.15, 0.2) is 23.0 Å². The van der Waals surface area contributed by atoms with E-state index in [0.717, 1.165) is 36.4 Å². The second-order valence-electron chi connectivity index (χ2n) is 5.07. The number of imidazole rings is 1. The molecule has 1 atom stereocenters. The number of rotatable bonds is 3.